The number of benzene rings is 3. The van der Waals surface area contributed by atoms with Gasteiger partial charge in [0.15, 0.2) is 11.5 Å². The van der Waals surface area contributed by atoms with Crippen molar-refractivity contribution >= 4 is 55.7 Å². The molecule has 0 radical (unpaired) electrons. The van der Waals surface area contributed by atoms with Crippen molar-refractivity contribution in [2.75, 3.05) is 26.9 Å². The van der Waals surface area contributed by atoms with Crippen LogP contribution in [0.4, 0.5) is 4.79 Å². The molecule has 1 aliphatic rings. The molecule has 1 fully saturated rings. The molecule has 8 heteroatoms. The molecule has 0 spiro atoms. The number of carbonyl (C=O) groups excluding carboxylic acids is 2. The van der Waals surface area contributed by atoms with Crippen molar-refractivity contribution in [3.63, 3.8) is 0 Å². The minimum absolute atomic E-state index is 0.270. The molecule has 0 bridgehead atoms. The average Bonchev–Trinajstić information content (AvgIpc) is 3.12. The molecule has 1 saturated heterocycles. The number of methoxy groups -OCH3 is 1. The van der Waals surface area contributed by atoms with Crippen LogP contribution in [-0.2, 0) is 16.1 Å². The normalized spacial score (nSPS) is 14.8. The van der Waals surface area contributed by atoms with E-state index in [1.54, 1.807) is 13.2 Å². The molecular formula is C27H26BrNO5S. The first kappa shape index (κ1) is 25.3. The van der Waals surface area contributed by atoms with E-state index in [2.05, 4.69) is 40.2 Å². The quantitative estimate of drug-likeness (QED) is 0.206. The van der Waals surface area contributed by atoms with Gasteiger partial charge in [-0.3, -0.25) is 14.5 Å². The lowest BCUT2D eigenvalue weighted by atomic mass is 10.1. The Hall–Kier alpha value is -2.81. The van der Waals surface area contributed by atoms with Crippen LogP contribution in [-0.4, -0.2) is 42.9 Å². The summed E-state index contributed by atoms with van der Waals surface area (Å²) in [6.07, 6.45) is 2.31. The second-order valence-corrected chi connectivity index (χ2v) is 9.71. The maximum Gasteiger partial charge on any atom is 0.293 e. The molecule has 0 unspecified atom stereocenters. The van der Waals surface area contributed by atoms with E-state index in [0.717, 1.165) is 38.1 Å². The van der Waals surface area contributed by atoms with Crippen molar-refractivity contribution < 1.29 is 23.8 Å². The summed E-state index contributed by atoms with van der Waals surface area (Å²) in [6.45, 7) is 3.57. The lowest BCUT2D eigenvalue weighted by Gasteiger charge is -2.15. The summed E-state index contributed by atoms with van der Waals surface area (Å²) in [4.78, 5) is 26.7. The SMILES string of the molecule is CCOc1cc(/C=C2/SC(=O)N(CCCOC)C2=O)c(Br)cc1OCc1cccc2ccccc12. The van der Waals surface area contributed by atoms with Gasteiger partial charge in [0.2, 0.25) is 0 Å². The molecule has 0 aromatic heterocycles. The van der Waals surface area contributed by atoms with Crippen LogP contribution in [0.25, 0.3) is 16.8 Å². The molecule has 0 N–H and O–H groups in total. The van der Waals surface area contributed by atoms with Crippen LogP contribution in [0, 0.1) is 0 Å². The lowest BCUT2D eigenvalue weighted by Crippen LogP contribution is -2.29. The minimum atomic E-state index is -0.294. The number of nitrogens with zero attached hydrogens (tertiary/aromatic N) is 1. The van der Waals surface area contributed by atoms with Gasteiger partial charge in [0, 0.05) is 24.7 Å². The van der Waals surface area contributed by atoms with Crippen LogP contribution < -0.4 is 9.47 Å². The van der Waals surface area contributed by atoms with Gasteiger partial charge in [0.25, 0.3) is 11.1 Å². The highest BCUT2D eigenvalue weighted by Gasteiger charge is 2.34. The number of imide groups is 1. The van der Waals surface area contributed by atoms with Gasteiger partial charge < -0.3 is 14.2 Å². The molecule has 0 saturated carbocycles. The number of hydrogen-bond donors (Lipinski definition) is 0. The largest absolute Gasteiger partial charge is 0.490 e. The molecule has 3 aromatic carbocycles. The molecule has 3 aromatic rings. The zero-order valence-electron chi connectivity index (χ0n) is 19.6. The molecule has 0 atom stereocenters. The molecule has 182 valence electrons. The van der Waals surface area contributed by atoms with Crippen LogP contribution in [0.1, 0.15) is 24.5 Å². The monoisotopic (exact) mass is 555 g/mol. The third-order valence-corrected chi connectivity index (χ3v) is 7.11. The molecule has 6 nitrogen and oxygen atoms in total. The van der Waals surface area contributed by atoms with Gasteiger partial charge in [-0.2, -0.15) is 0 Å². The van der Waals surface area contributed by atoms with E-state index in [0.29, 0.717) is 49.2 Å². The number of fused-ring (bicyclic) bond motifs is 1. The second kappa shape index (κ2) is 11.7. The van der Waals surface area contributed by atoms with Crippen LogP contribution >= 0.6 is 27.7 Å². The van der Waals surface area contributed by atoms with Crippen molar-refractivity contribution in [3.05, 3.63) is 75.1 Å². The Balaban J connectivity index is 1.56. The number of hydrogen-bond acceptors (Lipinski definition) is 6. The van der Waals surface area contributed by atoms with Crippen LogP contribution in [0.5, 0.6) is 11.5 Å². The molecule has 2 amide bonds. The van der Waals surface area contributed by atoms with Gasteiger partial charge in [-0.25, -0.2) is 0 Å². The first-order valence-electron chi connectivity index (χ1n) is 11.3. The summed E-state index contributed by atoms with van der Waals surface area (Å²) in [5.41, 5.74) is 1.81. The smallest absolute Gasteiger partial charge is 0.293 e. The summed E-state index contributed by atoms with van der Waals surface area (Å²) in [5.74, 6) is 0.871. The number of rotatable bonds is 10. The van der Waals surface area contributed by atoms with Gasteiger partial charge in [-0.1, -0.05) is 58.4 Å². The highest BCUT2D eigenvalue weighted by atomic mass is 79.9. The van der Waals surface area contributed by atoms with E-state index in [-0.39, 0.29) is 11.1 Å². The van der Waals surface area contributed by atoms with E-state index in [4.69, 9.17) is 14.2 Å². The highest BCUT2D eigenvalue weighted by Crippen LogP contribution is 2.38. The fraction of sp³-hybridized carbons (Fsp3) is 0.259. The number of halogens is 1. The third kappa shape index (κ3) is 5.89. The number of amides is 2. The molecule has 35 heavy (non-hydrogen) atoms. The zero-order valence-corrected chi connectivity index (χ0v) is 22.0. The maximum atomic E-state index is 12.8. The van der Waals surface area contributed by atoms with Crippen molar-refractivity contribution in [1.29, 1.82) is 0 Å². The van der Waals surface area contributed by atoms with Crippen molar-refractivity contribution in [1.82, 2.24) is 4.90 Å². The van der Waals surface area contributed by atoms with E-state index in [1.807, 2.05) is 37.3 Å². The summed E-state index contributed by atoms with van der Waals surface area (Å²) < 4.78 is 17.8. The fourth-order valence-corrected chi connectivity index (χ4v) is 5.11. The Kier molecular flexibility index (Phi) is 8.49. The van der Waals surface area contributed by atoms with Gasteiger partial charge in [0.05, 0.1) is 11.5 Å². The Morgan fingerprint density at radius 3 is 2.60 bits per heavy atom. The minimum Gasteiger partial charge on any atom is -0.490 e. The predicted molar refractivity (Wildman–Crippen MR) is 143 cm³/mol. The summed E-state index contributed by atoms with van der Waals surface area (Å²) in [5, 5.41) is 2.03. The second-order valence-electron chi connectivity index (χ2n) is 7.86. The van der Waals surface area contributed by atoms with E-state index in [9.17, 15) is 9.59 Å². The molecule has 1 aliphatic heterocycles. The molecule has 4 rings (SSSR count). The van der Waals surface area contributed by atoms with E-state index < -0.39 is 0 Å². The summed E-state index contributed by atoms with van der Waals surface area (Å²) >= 11 is 4.53. The Labute approximate surface area is 217 Å². The first-order chi connectivity index (χ1) is 17.0. The average molecular weight is 556 g/mol. The van der Waals surface area contributed by atoms with Gasteiger partial charge in [-0.05, 0) is 65.2 Å². The summed E-state index contributed by atoms with van der Waals surface area (Å²) in [6, 6.07) is 18.0. The van der Waals surface area contributed by atoms with Gasteiger partial charge >= 0.3 is 0 Å². The number of ether oxygens (including phenoxy) is 3. The van der Waals surface area contributed by atoms with Crippen molar-refractivity contribution in [2.45, 2.75) is 20.0 Å². The Morgan fingerprint density at radius 2 is 1.80 bits per heavy atom. The standard InChI is InChI=1S/C27H26BrNO5S/c1-3-33-23-14-20(15-25-26(30)29(27(31)35-25)12-7-13-32-2)22(28)16-24(23)34-17-19-10-6-9-18-8-4-5-11-21(18)19/h4-6,8-11,14-16H,3,7,12-13,17H2,1-2H3/b25-15+. The van der Waals surface area contributed by atoms with Crippen LogP contribution in [0.2, 0.25) is 0 Å². The summed E-state index contributed by atoms with van der Waals surface area (Å²) in [7, 11) is 1.59. The van der Waals surface area contributed by atoms with E-state index >= 15 is 0 Å². The first-order valence-corrected chi connectivity index (χ1v) is 12.9. The topological polar surface area (TPSA) is 65.1 Å². The third-order valence-electron chi connectivity index (χ3n) is 5.52. The molecular weight excluding hydrogens is 530 g/mol. The van der Waals surface area contributed by atoms with Crippen LogP contribution in [0.3, 0.4) is 0 Å². The van der Waals surface area contributed by atoms with E-state index in [1.165, 1.54) is 4.90 Å². The molecule has 1 heterocycles. The predicted octanol–water partition coefficient (Wildman–Crippen LogP) is 6.65. The lowest BCUT2D eigenvalue weighted by molar-refractivity contribution is -0.122. The Bertz CT molecular complexity index is 1270. The fourth-order valence-electron chi connectivity index (χ4n) is 3.82. The highest BCUT2D eigenvalue weighted by molar-refractivity contribution is 9.10. The number of thioether (sulfide) groups is 1. The Morgan fingerprint density at radius 1 is 1.03 bits per heavy atom. The maximum absolute atomic E-state index is 12.8. The van der Waals surface area contributed by atoms with Crippen molar-refractivity contribution in [3.8, 4) is 11.5 Å². The van der Waals surface area contributed by atoms with Gasteiger partial charge in [0.1, 0.15) is 6.61 Å². The zero-order chi connectivity index (χ0) is 24.8. The molecule has 0 aliphatic carbocycles. The number of carbonyl (C=O) groups is 2. The van der Waals surface area contributed by atoms with Crippen LogP contribution in [0.15, 0.2) is 64.0 Å². The van der Waals surface area contributed by atoms with Gasteiger partial charge in [-0.15, -0.1) is 0 Å². The van der Waals surface area contributed by atoms with Crippen molar-refractivity contribution in [2.24, 2.45) is 0 Å².